The number of aliphatic hydroxyl groups is 1. The summed E-state index contributed by atoms with van der Waals surface area (Å²) < 4.78 is 68.6. The van der Waals surface area contributed by atoms with Crippen molar-refractivity contribution in [3.05, 3.63) is 0 Å². The fraction of sp³-hybridized carbons (Fsp3) is 0.950. The van der Waals surface area contributed by atoms with Crippen LogP contribution in [-0.2, 0) is 65.4 Å². The number of phosphoric acid groups is 2. The molecular weight excluding hydrogens is 1290 g/mol. The van der Waals surface area contributed by atoms with Crippen LogP contribution in [0.1, 0.15) is 420 Å². The van der Waals surface area contributed by atoms with Crippen molar-refractivity contribution in [1.82, 2.24) is 0 Å². The van der Waals surface area contributed by atoms with Gasteiger partial charge in [0.25, 0.3) is 0 Å². The molecule has 0 rings (SSSR count). The van der Waals surface area contributed by atoms with Gasteiger partial charge in [-0.1, -0.05) is 369 Å². The molecule has 3 N–H and O–H groups in total. The van der Waals surface area contributed by atoms with E-state index in [9.17, 15) is 43.2 Å². The van der Waals surface area contributed by atoms with E-state index in [2.05, 4.69) is 41.5 Å². The van der Waals surface area contributed by atoms with Crippen molar-refractivity contribution in [3.63, 3.8) is 0 Å². The number of phosphoric ester groups is 2. The summed E-state index contributed by atoms with van der Waals surface area (Å²) in [4.78, 5) is 72.9. The first-order valence-electron chi connectivity index (χ1n) is 41.5. The molecule has 19 heteroatoms. The van der Waals surface area contributed by atoms with Crippen molar-refractivity contribution < 1.29 is 80.2 Å². The molecule has 0 aromatic carbocycles. The Hall–Kier alpha value is -1.94. The lowest BCUT2D eigenvalue weighted by Gasteiger charge is -2.21. The summed E-state index contributed by atoms with van der Waals surface area (Å²) in [6, 6.07) is 0. The van der Waals surface area contributed by atoms with E-state index in [-0.39, 0.29) is 25.7 Å². The number of hydrogen-bond donors (Lipinski definition) is 3. The Morgan fingerprint density at radius 3 is 0.768 bits per heavy atom. The number of hydrogen-bond acceptors (Lipinski definition) is 15. The smallest absolute Gasteiger partial charge is 0.462 e. The number of esters is 4. The molecule has 0 saturated heterocycles. The molecule has 6 atom stereocenters. The van der Waals surface area contributed by atoms with Gasteiger partial charge in [0.1, 0.15) is 19.3 Å². The molecule has 0 spiro atoms. The molecule has 0 aromatic heterocycles. The minimum Gasteiger partial charge on any atom is -0.462 e. The maximum absolute atomic E-state index is 13.1. The highest BCUT2D eigenvalue weighted by molar-refractivity contribution is 7.47. The second-order valence-corrected chi connectivity index (χ2v) is 32.4. The van der Waals surface area contributed by atoms with Crippen molar-refractivity contribution >= 4 is 39.5 Å². The van der Waals surface area contributed by atoms with Crippen molar-refractivity contribution in [3.8, 4) is 0 Å². The van der Waals surface area contributed by atoms with Gasteiger partial charge in [-0.15, -0.1) is 0 Å². The van der Waals surface area contributed by atoms with Crippen LogP contribution in [0.25, 0.3) is 0 Å². The molecule has 0 bridgehead atoms. The van der Waals surface area contributed by atoms with Crippen LogP contribution in [0.4, 0.5) is 0 Å². The van der Waals surface area contributed by atoms with E-state index >= 15 is 0 Å². The predicted molar refractivity (Wildman–Crippen MR) is 405 cm³/mol. The fourth-order valence-electron chi connectivity index (χ4n) is 12.3. The van der Waals surface area contributed by atoms with Crippen LogP contribution < -0.4 is 0 Å². The zero-order chi connectivity index (χ0) is 72.8. The molecule has 0 fully saturated rings. The van der Waals surface area contributed by atoms with Gasteiger partial charge in [0.15, 0.2) is 12.2 Å². The first-order chi connectivity index (χ1) is 47.9. The van der Waals surface area contributed by atoms with Gasteiger partial charge >= 0.3 is 39.5 Å². The van der Waals surface area contributed by atoms with Crippen LogP contribution in [0.3, 0.4) is 0 Å². The van der Waals surface area contributed by atoms with E-state index in [0.29, 0.717) is 31.6 Å². The molecule has 0 amide bonds. The topological polar surface area (TPSA) is 237 Å². The number of unbranched alkanes of at least 4 members (excludes halogenated alkanes) is 48. The van der Waals surface area contributed by atoms with Crippen LogP contribution in [-0.4, -0.2) is 96.7 Å². The summed E-state index contributed by atoms with van der Waals surface area (Å²) in [6.45, 7) is 9.53. The molecule has 0 radical (unpaired) electrons. The first kappa shape index (κ1) is 97.1. The molecule has 17 nitrogen and oxygen atoms in total. The summed E-state index contributed by atoms with van der Waals surface area (Å²) >= 11 is 0. The molecular formula is C80H156O17P2. The SMILES string of the molecule is CCCCCCCCCCCCCCCCCCCCCCCC(=O)O[C@H](COC(=O)CCCCCCCCCCCCCCCCCCC)COP(=O)(O)OC[C@@H](O)COP(=O)(O)OC[C@@H](COC(=O)CCCCCCCCC(C)C)OC(=O)CCCCCCCCCCC(C)CC. The molecule has 0 aliphatic rings. The largest absolute Gasteiger partial charge is 0.472 e. The quantitative estimate of drug-likeness (QED) is 0.0222. The predicted octanol–water partition coefficient (Wildman–Crippen LogP) is 23.9. The standard InChI is InChI=1S/C80H156O17P2/c1-7-10-12-14-16-18-20-22-24-26-27-28-29-31-33-35-37-39-44-52-58-64-79(84)96-75(68-90-77(82)62-56-50-43-38-36-34-32-30-25-23-21-19-17-15-13-11-8-2)70-94-98(86,87)92-66-74(81)67-93-99(88,89)95-71-76(69-91-78(83)63-57-51-47-46-48-54-60-72(4)5)97-80(85)65-59-53-45-41-40-42-49-55-61-73(6)9-3/h72-76,81H,7-71H2,1-6H3,(H,86,87)(H,88,89)/t73?,74-,75-,76-/m1/s1. The first-order valence-corrected chi connectivity index (χ1v) is 44.5. The lowest BCUT2D eigenvalue weighted by atomic mass is 9.99. The molecule has 0 aliphatic carbocycles. The van der Waals surface area contributed by atoms with Crippen LogP contribution in [0.2, 0.25) is 0 Å². The Kier molecular flexibility index (Phi) is 70.3. The number of aliphatic hydroxyl groups excluding tert-OH is 1. The molecule has 3 unspecified atom stereocenters. The van der Waals surface area contributed by atoms with Gasteiger partial charge in [-0.3, -0.25) is 37.3 Å². The number of rotatable bonds is 79. The Labute approximate surface area is 607 Å². The number of carbonyl (C=O) groups is 4. The van der Waals surface area contributed by atoms with Gasteiger partial charge in [0, 0.05) is 25.7 Å². The van der Waals surface area contributed by atoms with Crippen molar-refractivity contribution in [2.45, 2.75) is 439 Å². The maximum Gasteiger partial charge on any atom is 0.472 e. The maximum atomic E-state index is 13.1. The van der Waals surface area contributed by atoms with E-state index in [4.69, 9.17) is 37.0 Å². The zero-order valence-electron chi connectivity index (χ0n) is 64.8. The molecule has 588 valence electrons. The van der Waals surface area contributed by atoms with E-state index in [1.54, 1.807) is 0 Å². The lowest BCUT2D eigenvalue weighted by molar-refractivity contribution is -0.161. The summed E-state index contributed by atoms with van der Waals surface area (Å²) in [5.74, 6) is -0.666. The Morgan fingerprint density at radius 2 is 0.515 bits per heavy atom. The zero-order valence-corrected chi connectivity index (χ0v) is 66.6. The molecule has 99 heavy (non-hydrogen) atoms. The van der Waals surface area contributed by atoms with E-state index < -0.39 is 97.5 Å². The number of ether oxygens (including phenoxy) is 4. The van der Waals surface area contributed by atoms with Crippen molar-refractivity contribution in [2.24, 2.45) is 11.8 Å². The summed E-state index contributed by atoms with van der Waals surface area (Å²) in [5.41, 5.74) is 0. The van der Waals surface area contributed by atoms with Crippen LogP contribution in [0, 0.1) is 11.8 Å². The summed E-state index contributed by atoms with van der Waals surface area (Å²) in [5, 5.41) is 10.6. The van der Waals surface area contributed by atoms with Crippen molar-refractivity contribution in [1.29, 1.82) is 0 Å². The highest BCUT2D eigenvalue weighted by atomic mass is 31.2. The second kappa shape index (κ2) is 71.7. The highest BCUT2D eigenvalue weighted by Crippen LogP contribution is 2.45. The molecule has 0 aliphatic heterocycles. The monoisotopic (exact) mass is 1450 g/mol. The Bertz CT molecular complexity index is 1910. The van der Waals surface area contributed by atoms with Gasteiger partial charge in [-0.25, -0.2) is 9.13 Å². The van der Waals surface area contributed by atoms with Gasteiger partial charge in [-0.2, -0.15) is 0 Å². The van der Waals surface area contributed by atoms with Crippen molar-refractivity contribution in [2.75, 3.05) is 39.6 Å². The Morgan fingerprint density at radius 1 is 0.293 bits per heavy atom. The second-order valence-electron chi connectivity index (χ2n) is 29.5. The average molecular weight is 1450 g/mol. The van der Waals surface area contributed by atoms with Gasteiger partial charge in [-0.05, 0) is 37.5 Å². The van der Waals surface area contributed by atoms with Crippen LogP contribution >= 0.6 is 15.6 Å². The van der Waals surface area contributed by atoms with E-state index in [0.717, 1.165) is 102 Å². The van der Waals surface area contributed by atoms with Gasteiger partial charge < -0.3 is 33.8 Å². The van der Waals surface area contributed by atoms with E-state index in [1.807, 2.05) is 0 Å². The van der Waals surface area contributed by atoms with E-state index in [1.165, 1.54) is 231 Å². The summed E-state index contributed by atoms with van der Waals surface area (Å²) in [6.07, 6.45) is 61.3. The molecule has 0 heterocycles. The normalized spacial score (nSPS) is 14.2. The lowest BCUT2D eigenvalue weighted by Crippen LogP contribution is -2.30. The van der Waals surface area contributed by atoms with Gasteiger partial charge in [0.2, 0.25) is 0 Å². The third-order valence-corrected chi connectivity index (χ3v) is 21.0. The third-order valence-electron chi connectivity index (χ3n) is 19.1. The Balaban J connectivity index is 5.20. The number of carbonyl (C=O) groups excluding carboxylic acids is 4. The highest BCUT2D eigenvalue weighted by Gasteiger charge is 2.30. The van der Waals surface area contributed by atoms with Gasteiger partial charge in [0.05, 0.1) is 26.4 Å². The van der Waals surface area contributed by atoms with Crippen LogP contribution in [0.5, 0.6) is 0 Å². The fourth-order valence-corrected chi connectivity index (χ4v) is 13.9. The third kappa shape index (κ3) is 72.8. The molecule has 0 aromatic rings. The summed E-state index contributed by atoms with van der Waals surface area (Å²) in [7, 11) is -9.92. The minimum atomic E-state index is -4.96. The minimum absolute atomic E-state index is 0.104. The molecule has 0 saturated carbocycles. The average Bonchev–Trinajstić information content (AvgIpc) is 1.03. The van der Waals surface area contributed by atoms with Crippen LogP contribution in [0.15, 0.2) is 0 Å².